The first-order chi connectivity index (χ1) is 18.0. The van der Waals surface area contributed by atoms with Crippen LogP contribution in [0.1, 0.15) is 50.4 Å². The van der Waals surface area contributed by atoms with E-state index >= 15 is 0 Å². The van der Waals surface area contributed by atoms with Gasteiger partial charge in [0.2, 0.25) is 0 Å². The molecule has 194 valence electrons. The van der Waals surface area contributed by atoms with Crippen LogP contribution in [0, 0.1) is 13.8 Å². The molecule has 0 spiro atoms. The standard InChI is InChI=1S/C31H31N3O4/c1-18-15-23(29-24(16-18)27(35)19(2)28(37-29)21-9-8-13-32-17-21)20(3)33-25-10-7-11-26-22(25)12-14-34(26)30(36)38-31(4,5)6/h7-17,20,33H,1-6H3/t20-/m1/s1. The van der Waals surface area contributed by atoms with E-state index < -0.39 is 11.7 Å². The number of hydrogen-bond acceptors (Lipinski definition) is 6. The first kappa shape index (κ1) is 25.3. The number of fused-ring (bicyclic) bond motifs is 2. The summed E-state index contributed by atoms with van der Waals surface area (Å²) in [7, 11) is 0. The summed E-state index contributed by atoms with van der Waals surface area (Å²) in [6, 6.07) is 15.1. The van der Waals surface area contributed by atoms with Crippen molar-refractivity contribution in [3.8, 4) is 11.3 Å². The topological polar surface area (TPSA) is 86.4 Å². The van der Waals surface area contributed by atoms with E-state index in [4.69, 9.17) is 9.15 Å². The summed E-state index contributed by atoms with van der Waals surface area (Å²) in [4.78, 5) is 30.4. The molecular weight excluding hydrogens is 478 g/mol. The molecule has 0 aliphatic heterocycles. The predicted octanol–water partition coefficient (Wildman–Crippen LogP) is 7.38. The van der Waals surface area contributed by atoms with Crippen molar-refractivity contribution in [3.63, 3.8) is 0 Å². The normalized spacial score (nSPS) is 12.6. The number of anilines is 1. The Morgan fingerprint density at radius 2 is 1.87 bits per heavy atom. The molecule has 5 aromatic rings. The van der Waals surface area contributed by atoms with Crippen LogP contribution in [0.2, 0.25) is 0 Å². The smallest absolute Gasteiger partial charge is 0.418 e. The predicted molar refractivity (Wildman–Crippen MR) is 151 cm³/mol. The lowest BCUT2D eigenvalue weighted by Gasteiger charge is -2.20. The van der Waals surface area contributed by atoms with Crippen LogP contribution in [-0.2, 0) is 4.74 Å². The average Bonchev–Trinajstić information content (AvgIpc) is 3.31. The number of pyridine rings is 1. The van der Waals surface area contributed by atoms with Gasteiger partial charge in [-0.25, -0.2) is 4.79 Å². The SMILES string of the molecule is Cc1cc([C@@H](C)Nc2cccc3c2ccn3C(=O)OC(C)(C)C)c2oc(-c3cccnc3)c(C)c(=O)c2c1. The summed E-state index contributed by atoms with van der Waals surface area (Å²) >= 11 is 0. The van der Waals surface area contributed by atoms with Gasteiger partial charge in [-0.2, -0.15) is 0 Å². The van der Waals surface area contributed by atoms with Crippen molar-refractivity contribution < 1.29 is 13.9 Å². The van der Waals surface area contributed by atoms with E-state index in [-0.39, 0.29) is 11.5 Å². The molecule has 0 saturated carbocycles. The Bertz CT molecular complexity index is 1730. The third-order valence-electron chi connectivity index (χ3n) is 6.48. The largest absolute Gasteiger partial charge is 0.455 e. The first-order valence-corrected chi connectivity index (χ1v) is 12.6. The maximum atomic E-state index is 13.4. The Balaban J connectivity index is 1.58. The van der Waals surface area contributed by atoms with E-state index in [1.54, 1.807) is 25.5 Å². The van der Waals surface area contributed by atoms with Gasteiger partial charge in [-0.3, -0.25) is 14.3 Å². The van der Waals surface area contributed by atoms with Crippen molar-refractivity contribution >= 4 is 33.7 Å². The minimum absolute atomic E-state index is 0.0567. The molecule has 7 heteroatoms. The fraction of sp³-hybridized carbons (Fsp3) is 0.258. The molecule has 0 unspecified atom stereocenters. The number of aromatic nitrogens is 2. The molecule has 3 heterocycles. The highest BCUT2D eigenvalue weighted by Gasteiger charge is 2.22. The summed E-state index contributed by atoms with van der Waals surface area (Å²) in [5, 5.41) is 5.01. The number of rotatable bonds is 4. The second kappa shape index (κ2) is 9.49. The zero-order valence-corrected chi connectivity index (χ0v) is 22.5. The van der Waals surface area contributed by atoms with Gasteiger partial charge in [-0.05, 0) is 83.5 Å². The summed E-state index contributed by atoms with van der Waals surface area (Å²) < 4.78 is 13.5. The van der Waals surface area contributed by atoms with E-state index in [1.807, 2.05) is 83.1 Å². The summed E-state index contributed by atoms with van der Waals surface area (Å²) in [6.45, 7) is 11.3. The van der Waals surface area contributed by atoms with Gasteiger partial charge in [0.05, 0.1) is 16.9 Å². The molecule has 0 amide bonds. The first-order valence-electron chi connectivity index (χ1n) is 12.6. The lowest BCUT2D eigenvalue weighted by atomic mass is 9.99. The number of nitrogens with one attached hydrogen (secondary N) is 1. The van der Waals surface area contributed by atoms with E-state index in [0.717, 1.165) is 33.3 Å². The fourth-order valence-electron chi connectivity index (χ4n) is 4.74. The number of aryl methyl sites for hydroxylation is 1. The van der Waals surface area contributed by atoms with Crippen molar-refractivity contribution in [2.75, 3.05) is 5.32 Å². The molecule has 0 aliphatic rings. The van der Waals surface area contributed by atoms with Crippen LogP contribution in [-0.4, -0.2) is 21.2 Å². The third-order valence-corrected chi connectivity index (χ3v) is 6.48. The molecule has 0 aliphatic carbocycles. The van der Waals surface area contributed by atoms with Gasteiger partial charge in [-0.1, -0.05) is 12.1 Å². The van der Waals surface area contributed by atoms with Gasteiger partial charge in [0.1, 0.15) is 16.9 Å². The third kappa shape index (κ3) is 4.67. The summed E-state index contributed by atoms with van der Waals surface area (Å²) in [5.74, 6) is 0.518. The maximum absolute atomic E-state index is 13.4. The molecule has 1 atom stereocenters. The lowest BCUT2D eigenvalue weighted by Crippen LogP contribution is -2.26. The molecule has 0 fully saturated rings. The van der Waals surface area contributed by atoms with Gasteiger partial charge < -0.3 is 14.5 Å². The van der Waals surface area contributed by atoms with Gasteiger partial charge in [0.15, 0.2) is 5.43 Å². The minimum Gasteiger partial charge on any atom is -0.455 e. The summed E-state index contributed by atoms with van der Waals surface area (Å²) in [5.41, 5.74) is 4.63. The van der Waals surface area contributed by atoms with Gasteiger partial charge in [-0.15, -0.1) is 0 Å². The van der Waals surface area contributed by atoms with E-state index in [1.165, 1.54) is 4.57 Å². The molecule has 0 radical (unpaired) electrons. The van der Waals surface area contributed by atoms with E-state index in [9.17, 15) is 9.59 Å². The van der Waals surface area contributed by atoms with E-state index in [0.29, 0.717) is 22.3 Å². The Kier molecular flexibility index (Phi) is 6.31. The van der Waals surface area contributed by atoms with Crippen LogP contribution in [0.4, 0.5) is 10.5 Å². The van der Waals surface area contributed by atoms with Crippen molar-refractivity contribution in [2.24, 2.45) is 0 Å². The van der Waals surface area contributed by atoms with Crippen LogP contribution >= 0.6 is 0 Å². The van der Waals surface area contributed by atoms with Gasteiger partial charge in [0, 0.05) is 46.4 Å². The van der Waals surface area contributed by atoms with Crippen molar-refractivity contribution in [1.82, 2.24) is 9.55 Å². The van der Waals surface area contributed by atoms with Crippen LogP contribution in [0.5, 0.6) is 0 Å². The quantitative estimate of drug-likeness (QED) is 0.272. The van der Waals surface area contributed by atoms with Crippen LogP contribution < -0.4 is 10.7 Å². The molecule has 0 bridgehead atoms. The Hall–Kier alpha value is -4.39. The van der Waals surface area contributed by atoms with Crippen LogP contribution in [0.3, 0.4) is 0 Å². The fourth-order valence-corrected chi connectivity index (χ4v) is 4.74. The minimum atomic E-state index is -0.596. The number of ether oxygens (including phenoxy) is 1. The Morgan fingerprint density at radius 1 is 1.08 bits per heavy atom. The highest BCUT2D eigenvalue weighted by atomic mass is 16.6. The number of carbonyl (C=O) groups is 1. The van der Waals surface area contributed by atoms with Crippen LogP contribution in [0.15, 0.2) is 76.3 Å². The molecular formula is C31H31N3O4. The number of benzene rings is 2. The maximum Gasteiger partial charge on any atom is 0.418 e. The average molecular weight is 510 g/mol. The molecule has 3 aromatic heterocycles. The monoisotopic (exact) mass is 509 g/mol. The summed E-state index contributed by atoms with van der Waals surface area (Å²) in [6.07, 6.45) is 4.68. The molecule has 1 N–H and O–H groups in total. The molecule has 38 heavy (non-hydrogen) atoms. The molecule has 0 saturated heterocycles. The second-order valence-corrected chi connectivity index (χ2v) is 10.6. The second-order valence-electron chi connectivity index (χ2n) is 10.6. The molecule has 7 nitrogen and oxygen atoms in total. The Morgan fingerprint density at radius 3 is 2.58 bits per heavy atom. The van der Waals surface area contributed by atoms with Gasteiger partial charge >= 0.3 is 6.09 Å². The zero-order valence-electron chi connectivity index (χ0n) is 22.5. The molecule has 5 rings (SSSR count). The van der Waals surface area contributed by atoms with Crippen molar-refractivity contribution in [3.05, 3.63) is 94.0 Å². The van der Waals surface area contributed by atoms with Crippen LogP contribution in [0.25, 0.3) is 33.2 Å². The Labute approximate surface area is 221 Å². The van der Waals surface area contributed by atoms with E-state index in [2.05, 4.69) is 10.3 Å². The number of carbonyl (C=O) groups excluding carboxylic acids is 1. The van der Waals surface area contributed by atoms with Crippen molar-refractivity contribution in [1.29, 1.82) is 0 Å². The van der Waals surface area contributed by atoms with Gasteiger partial charge in [0.25, 0.3) is 0 Å². The molecule has 2 aromatic carbocycles. The number of hydrogen-bond donors (Lipinski definition) is 1. The number of nitrogens with zero attached hydrogens (tertiary/aromatic N) is 2. The van der Waals surface area contributed by atoms with Crippen molar-refractivity contribution in [2.45, 2.75) is 53.2 Å². The highest BCUT2D eigenvalue weighted by molar-refractivity contribution is 5.97. The highest BCUT2D eigenvalue weighted by Crippen LogP contribution is 2.34. The zero-order chi connectivity index (χ0) is 27.2. The lowest BCUT2D eigenvalue weighted by molar-refractivity contribution is 0.0544.